The molecular formula is C19H25N4O3+. The highest BCUT2D eigenvalue weighted by Crippen LogP contribution is 2.12. The molecule has 0 fully saturated rings. The molecule has 0 unspecified atom stereocenters. The van der Waals surface area contributed by atoms with Crippen molar-refractivity contribution in [1.29, 1.82) is 0 Å². The van der Waals surface area contributed by atoms with Crippen LogP contribution in [0.5, 0.6) is 0 Å². The standard InChI is InChI=1S/C19H24N4O3/c1-22(2)18(11-15-7-4-3-5-8-15)14-21-19(24)20-13-16-9-6-10-17(12-16)23(25)26/h3-10,12,18H,11,13-14H2,1-2H3,(H2,20,21,24)/p+1/t18-/m0/s1. The van der Waals surface area contributed by atoms with Gasteiger partial charge in [0.05, 0.1) is 25.6 Å². The lowest BCUT2D eigenvalue weighted by atomic mass is 10.1. The zero-order chi connectivity index (χ0) is 18.9. The molecule has 2 aromatic carbocycles. The van der Waals surface area contributed by atoms with Gasteiger partial charge in [-0.05, 0) is 11.1 Å². The molecule has 0 spiro atoms. The first-order chi connectivity index (χ1) is 12.5. The first-order valence-corrected chi connectivity index (χ1v) is 8.54. The molecule has 2 rings (SSSR count). The topological polar surface area (TPSA) is 88.7 Å². The van der Waals surface area contributed by atoms with Crippen molar-refractivity contribution >= 4 is 11.7 Å². The highest BCUT2D eigenvalue weighted by atomic mass is 16.6. The lowest BCUT2D eigenvalue weighted by Crippen LogP contribution is -3.11. The van der Waals surface area contributed by atoms with Gasteiger partial charge in [0.1, 0.15) is 6.04 Å². The van der Waals surface area contributed by atoms with E-state index in [-0.39, 0.29) is 24.3 Å². The van der Waals surface area contributed by atoms with Crippen LogP contribution in [0, 0.1) is 10.1 Å². The van der Waals surface area contributed by atoms with Crippen LogP contribution in [-0.4, -0.2) is 37.6 Å². The average Bonchev–Trinajstić information content (AvgIpc) is 2.64. The molecule has 0 heterocycles. The fraction of sp³-hybridized carbons (Fsp3) is 0.316. The molecule has 7 nitrogen and oxygen atoms in total. The zero-order valence-electron chi connectivity index (χ0n) is 15.1. The van der Waals surface area contributed by atoms with E-state index in [0.717, 1.165) is 6.42 Å². The third kappa shape index (κ3) is 6.18. The number of nitrogens with zero attached hydrogens (tertiary/aromatic N) is 1. The van der Waals surface area contributed by atoms with Crippen molar-refractivity contribution in [3.05, 3.63) is 75.8 Å². The predicted molar refractivity (Wildman–Crippen MR) is 100 cm³/mol. The van der Waals surface area contributed by atoms with E-state index >= 15 is 0 Å². The minimum atomic E-state index is -0.447. The fourth-order valence-corrected chi connectivity index (χ4v) is 2.62. The number of benzene rings is 2. The van der Waals surface area contributed by atoms with E-state index in [1.807, 2.05) is 18.2 Å². The second-order valence-corrected chi connectivity index (χ2v) is 6.45. The van der Waals surface area contributed by atoms with Gasteiger partial charge < -0.3 is 15.5 Å². The van der Waals surface area contributed by atoms with Crippen LogP contribution < -0.4 is 15.5 Å². The van der Waals surface area contributed by atoms with Gasteiger partial charge in [-0.2, -0.15) is 0 Å². The molecule has 3 N–H and O–H groups in total. The van der Waals surface area contributed by atoms with E-state index in [2.05, 4.69) is 36.9 Å². The first kappa shape index (κ1) is 19.4. The van der Waals surface area contributed by atoms with Crippen molar-refractivity contribution in [3.63, 3.8) is 0 Å². The Bertz CT molecular complexity index is 735. The molecule has 0 radical (unpaired) electrons. The van der Waals surface area contributed by atoms with Crippen LogP contribution in [0.1, 0.15) is 11.1 Å². The molecule has 2 amide bonds. The van der Waals surface area contributed by atoms with Gasteiger partial charge in [0.25, 0.3) is 5.69 Å². The first-order valence-electron chi connectivity index (χ1n) is 8.54. The van der Waals surface area contributed by atoms with E-state index in [1.165, 1.54) is 22.6 Å². The number of hydrogen-bond donors (Lipinski definition) is 3. The molecule has 0 aliphatic heterocycles. The van der Waals surface area contributed by atoms with Crippen molar-refractivity contribution in [3.8, 4) is 0 Å². The van der Waals surface area contributed by atoms with Gasteiger partial charge in [-0.15, -0.1) is 0 Å². The molecule has 26 heavy (non-hydrogen) atoms. The van der Waals surface area contributed by atoms with Gasteiger partial charge >= 0.3 is 6.03 Å². The number of hydrogen-bond acceptors (Lipinski definition) is 3. The summed E-state index contributed by atoms with van der Waals surface area (Å²) in [6, 6.07) is 16.4. The molecule has 0 aliphatic carbocycles. The zero-order valence-corrected chi connectivity index (χ0v) is 15.1. The number of carbonyl (C=O) groups is 1. The average molecular weight is 357 g/mol. The Labute approximate surface area is 153 Å². The number of non-ortho nitro benzene ring substituents is 1. The van der Waals surface area contributed by atoms with Crippen molar-refractivity contribution in [2.45, 2.75) is 19.0 Å². The van der Waals surface area contributed by atoms with Crippen molar-refractivity contribution in [2.75, 3.05) is 20.6 Å². The Morgan fingerprint density at radius 2 is 1.77 bits per heavy atom. The summed E-state index contributed by atoms with van der Waals surface area (Å²) in [6.07, 6.45) is 0.869. The molecule has 7 heteroatoms. The molecule has 138 valence electrons. The predicted octanol–water partition coefficient (Wildman–Crippen LogP) is 1.15. The number of urea groups is 1. The van der Waals surface area contributed by atoms with Crippen molar-refractivity contribution in [1.82, 2.24) is 10.6 Å². The quantitative estimate of drug-likeness (QED) is 0.489. The third-order valence-electron chi connectivity index (χ3n) is 4.22. The lowest BCUT2D eigenvalue weighted by molar-refractivity contribution is -0.884. The van der Waals surface area contributed by atoms with Gasteiger partial charge in [0.2, 0.25) is 0 Å². The molecule has 0 bridgehead atoms. The summed E-state index contributed by atoms with van der Waals surface area (Å²) in [6.45, 7) is 0.781. The van der Waals surface area contributed by atoms with Gasteiger partial charge in [-0.3, -0.25) is 10.1 Å². The Balaban J connectivity index is 1.82. The summed E-state index contributed by atoms with van der Waals surface area (Å²) in [7, 11) is 4.13. The molecule has 0 aliphatic rings. The molecule has 0 aromatic heterocycles. The normalized spacial score (nSPS) is 11.8. The van der Waals surface area contributed by atoms with E-state index in [9.17, 15) is 14.9 Å². The number of nitrogens with one attached hydrogen (secondary N) is 3. The maximum absolute atomic E-state index is 12.0. The van der Waals surface area contributed by atoms with Crippen molar-refractivity contribution < 1.29 is 14.6 Å². The number of carbonyl (C=O) groups excluding carboxylic acids is 1. The van der Waals surface area contributed by atoms with E-state index < -0.39 is 4.92 Å². The molecule has 2 aromatic rings. The van der Waals surface area contributed by atoms with E-state index in [4.69, 9.17) is 0 Å². The van der Waals surface area contributed by atoms with Crippen LogP contribution >= 0.6 is 0 Å². The smallest absolute Gasteiger partial charge is 0.315 e. The summed E-state index contributed by atoms with van der Waals surface area (Å²) < 4.78 is 0. The monoisotopic (exact) mass is 357 g/mol. The number of nitro groups is 1. The summed E-state index contributed by atoms with van der Waals surface area (Å²) in [5.74, 6) is 0. The molecule has 1 atom stereocenters. The fourth-order valence-electron chi connectivity index (χ4n) is 2.62. The van der Waals surface area contributed by atoms with Crippen molar-refractivity contribution in [2.24, 2.45) is 0 Å². The van der Waals surface area contributed by atoms with Crippen LogP contribution in [0.15, 0.2) is 54.6 Å². The Morgan fingerprint density at radius 3 is 2.42 bits per heavy atom. The van der Waals surface area contributed by atoms with Crippen LogP contribution in [0.2, 0.25) is 0 Å². The molecule has 0 saturated carbocycles. The van der Waals surface area contributed by atoms with Crippen LogP contribution in [0.4, 0.5) is 10.5 Å². The van der Waals surface area contributed by atoms with Gasteiger partial charge in [-0.1, -0.05) is 42.5 Å². The summed E-state index contributed by atoms with van der Waals surface area (Å²) in [5, 5.41) is 16.4. The number of amides is 2. The second kappa shape index (κ2) is 9.53. The third-order valence-corrected chi connectivity index (χ3v) is 4.22. The Morgan fingerprint density at radius 1 is 1.08 bits per heavy atom. The maximum atomic E-state index is 12.0. The van der Waals surface area contributed by atoms with Crippen LogP contribution in [0.25, 0.3) is 0 Å². The largest absolute Gasteiger partial charge is 0.336 e. The summed E-state index contributed by atoms with van der Waals surface area (Å²) in [4.78, 5) is 23.6. The number of nitro benzene ring substituents is 1. The number of quaternary nitrogens is 1. The minimum absolute atomic E-state index is 0.0174. The summed E-state index contributed by atoms with van der Waals surface area (Å²) in [5.41, 5.74) is 1.94. The second-order valence-electron chi connectivity index (χ2n) is 6.45. The maximum Gasteiger partial charge on any atom is 0.315 e. The van der Waals surface area contributed by atoms with Gasteiger partial charge in [0, 0.05) is 25.1 Å². The van der Waals surface area contributed by atoms with Gasteiger partial charge in [0.15, 0.2) is 0 Å². The van der Waals surface area contributed by atoms with E-state index in [1.54, 1.807) is 12.1 Å². The highest BCUT2D eigenvalue weighted by molar-refractivity contribution is 5.73. The van der Waals surface area contributed by atoms with Crippen LogP contribution in [-0.2, 0) is 13.0 Å². The number of likely N-dealkylation sites (N-methyl/N-ethyl adjacent to an activating group) is 1. The van der Waals surface area contributed by atoms with Gasteiger partial charge in [-0.25, -0.2) is 4.79 Å². The molecule has 0 saturated heterocycles. The Kier molecular flexibility index (Phi) is 7.11. The van der Waals surface area contributed by atoms with E-state index in [0.29, 0.717) is 12.1 Å². The Hall–Kier alpha value is -2.93. The highest BCUT2D eigenvalue weighted by Gasteiger charge is 2.17. The SMILES string of the molecule is C[NH+](C)[C@H](CNC(=O)NCc1cccc([N+](=O)[O-])c1)Cc1ccccc1. The number of rotatable bonds is 8. The summed E-state index contributed by atoms with van der Waals surface area (Å²) >= 11 is 0. The van der Waals surface area contributed by atoms with Crippen LogP contribution in [0.3, 0.4) is 0 Å². The molecular weight excluding hydrogens is 332 g/mol. The minimum Gasteiger partial charge on any atom is -0.336 e. The lowest BCUT2D eigenvalue weighted by Gasteiger charge is -2.22.